The van der Waals surface area contributed by atoms with Crippen LogP contribution >= 0.6 is 34.2 Å². The minimum atomic E-state index is -0.267. The zero-order valence-corrected chi connectivity index (χ0v) is 14.3. The molecule has 1 N–H and O–H groups in total. The highest BCUT2D eigenvalue weighted by Crippen LogP contribution is 2.31. The van der Waals surface area contributed by atoms with E-state index >= 15 is 0 Å². The molecule has 0 aromatic heterocycles. The van der Waals surface area contributed by atoms with E-state index < -0.39 is 0 Å². The van der Waals surface area contributed by atoms with Gasteiger partial charge in [0.1, 0.15) is 5.82 Å². The quantitative estimate of drug-likeness (QED) is 0.701. The summed E-state index contributed by atoms with van der Waals surface area (Å²) in [4.78, 5) is 0. The van der Waals surface area contributed by atoms with Crippen LogP contribution in [0, 0.1) is 16.3 Å². The Labute approximate surface area is 137 Å². The third kappa shape index (κ3) is 3.51. The van der Waals surface area contributed by atoms with Crippen molar-refractivity contribution in [2.75, 3.05) is 6.54 Å². The predicted octanol–water partition coefficient (Wildman–Crippen LogP) is 5.09. The van der Waals surface area contributed by atoms with Crippen LogP contribution < -0.4 is 5.32 Å². The highest BCUT2D eigenvalue weighted by molar-refractivity contribution is 14.1. The fourth-order valence-electron chi connectivity index (χ4n) is 2.20. The van der Waals surface area contributed by atoms with Gasteiger partial charge in [-0.3, -0.25) is 0 Å². The zero-order valence-electron chi connectivity index (χ0n) is 11.4. The first-order valence-corrected chi connectivity index (χ1v) is 7.93. The van der Waals surface area contributed by atoms with Gasteiger partial charge < -0.3 is 5.32 Å². The van der Waals surface area contributed by atoms with Gasteiger partial charge in [-0.25, -0.2) is 4.39 Å². The highest BCUT2D eigenvalue weighted by Gasteiger charge is 2.18. The predicted molar refractivity (Wildman–Crippen MR) is 90.8 cm³/mol. The van der Waals surface area contributed by atoms with Crippen LogP contribution in [-0.2, 0) is 0 Å². The maximum Gasteiger partial charge on any atom is 0.127 e. The topological polar surface area (TPSA) is 12.0 Å². The average Bonchev–Trinajstić information content (AvgIpc) is 2.40. The molecule has 0 bridgehead atoms. The summed E-state index contributed by atoms with van der Waals surface area (Å²) >= 11 is 8.53. The summed E-state index contributed by atoms with van der Waals surface area (Å²) in [6, 6.07) is 11.4. The molecule has 0 fully saturated rings. The second kappa shape index (κ2) is 6.87. The van der Waals surface area contributed by atoms with Gasteiger partial charge in [-0.05, 0) is 77.0 Å². The molecule has 0 aliphatic carbocycles. The largest absolute Gasteiger partial charge is 0.306 e. The molecule has 0 aliphatic rings. The Morgan fingerprint density at radius 2 is 2.05 bits per heavy atom. The van der Waals surface area contributed by atoms with Crippen LogP contribution in [0.5, 0.6) is 0 Å². The fourth-order valence-corrected chi connectivity index (χ4v) is 3.03. The standard InChI is InChI=1S/C16H16ClFIN/c1-3-20-16(11-5-4-6-12(19)8-11)13-7-10(2)15(18)9-14(13)17/h4-9,16,20H,3H2,1-2H3. The van der Waals surface area contributed by atoms with Crippen LogP contribution in [0.4, 0.5) is 4.39 Å². The highest BCUT2D eigenvalue weighted by atomic mass is 127. The van der Waals surface area contributed by atoms with Crippen molar-refractivity contribution < 1.29 is 4.39 Å². The number of benzene rings is 2. The van der Waals surface area contributed by atoms with Gasteiger partial charge in [0.05, 0.1) is 6.04 Å². The van der Waals surface area contributed by atoms with E-state index in [0.717, 1.165) is 21.2 Å². The molecular weight excluding hydrogens is 388 g/mol. The lowest BCUT2D eigenvalue weighted by Gasteiger charge is -2.21. The van der Waals surface area contributed by atoms with Gasteiger partial charge in [0.25, 0.3) is 0 Å². The Balaban J connectivity index is 2.51. The summed E-state index contributed by atoms with van der Waals surface area (Å²) in [5, 5.41) is 3.88. The first-order chi connectivity index (χ1) is 9.52. The van der Waals surface area contributed by atoms with Crippen molar-refractivity contribution in [2.45, 2.75) is 19.9 Å². The van der Waals surface area contributed by atoms with E-state index in [9.17, 15) is 4.39 Å². The van der Waals surface area contributed by atoms with E-state index in [1.807, 2.05) is 25.1 Å². The minimum absolute atomic E-state index is 0.0264. The Morgan fingerprint density at radius 3 is 2.70 bits per heavy atom. The summed E-state index contributed by atoms with van der Waals surface area (Å²) in [6.07, 6.45) is 0. The normalized spacial score (nSPS) is 12.4. The van der Waals surface area contributed by atoms with Crippen LogP contribution in [0.3, 0.4) is 0 Å². The van der Waals surface area contributed by atoms with Crippen LogP contribution in [0.1, 0.15) is 29.7 Å². The number of halogens is 3. The molecule has 1 nitrogen and oxygen atoms in total. The van der Waals surface area contributed by atoms with Gasteiger partial charge in [0.15, 0.2) is 0 Å². The van der Waals surface area contributed by atoms with E-state index in [1.54, 1.807) is 6.92 Å². The molecular formula is C16H16ClFIN. The Kier molecular flexibility index (Phi) is 5.41. The molecule has 0 saturated heterocycles. The van der Waals surface area contributed by atoms with Crippen molar-refractivity contribution in [3.05, 3.63) is 67.5 Å². The molecule has 2 aromatic rings. The second-order valence-electron chi connectivity index (χ2n) is 4.67. The molecule has 1 atom stereocenters. The van der Waals surface area contributed by atoms with Crippen LogP contribution in [0.25, 0.3) is 0 Å². The molecule has 0 aliphatic heterocycles. The van der Waals surface area contributed by atoms with E-state index in [2.05, 4.69) is 40.0 Å². The Hall–Kier alpha value is -0.650. The summed E-state index contributed by atoms with van der Waals surface area (Å²) < 4.78 is 14.7. The molecule has 4 heteroatoms. The van der Waals surface area contributed by atoms with Gasteiger partial charge in [0.2, 0.25) is 0 Å². The molecule has 2 rings (SSSR count). The first kappa shape index (κ1) is 15.7. The number of hydrogen-bond acceptors (Lipinski definition) is 1. The zero-order chi connectivity index (χ0) is 14.7. The van der Waals surface area contributed by atoms with Gasteiger partial charge in [-0.1, -0.05) is 30.7 Å². The third-order valence-electron chi connectivity index (χ3n) is 3.18. The Morgan fingerprint density at radius 1 is 1.30 bits per heavy atom. The van der Waals surface area contributed by atoms with Crippen molar-refractivity contribution >= 4 is 34.2 Å². The molecule has 0 saturated carbocycles. The Bertz CT molecular complexity index is 615. The van der Waals surface area contributed by atoms with Gasteiger partial charge in [-0.15, -0.1) is 0 Å². The molecule has 106 valence electrons. The van der Waals surface area contributed by atoms with Crippen molar-refractivity contribution in [2.24, 2.45) is 0 Å². The SMILES string of the molecule is CCNC(c1cccc(I)c1)c1cc(C)c(F)cc1Cl. The molecule has 0 amide bonds. The van der Waals surface area contributed by atoms with Crippen molar-refractivity contribution in [1.29, 1.82) is 0 Å². The van der Waals surface area contributed by atoms with Gasteiger partial charge in [-0.2, -0.15) is 0 Å². The second-order valence-corrected chi connectivity index (χ2v) is 6.32. The number of nitrogens with one attached hydrogen (secondary N) is 1. The summed E-state index contributed by atoms with van der Waals surface area (Å²) in [5.74, 6) is -0.267. The maximum atomic E-state index is 13.6. The minimum Gasteiger partial charge on any atom is -0.306 e. The molecule has 20 heavy (non-hydrogen) atoms. The van der Waals surface area contributed by atoms with Crippen LogP contribution in [-0.4, -0.2) is 6.54 Å². The number of hydrogen-bond donors (Lipinski definition) is 1. The van der Waals surface area contributed by atoms with Gasteiger partial charge in [0, 0.05) is 8.59 Å². The van der Waals surface area contributed by atoms with E-state index in [1.165, 1.54) is 6.07 Å². The monoisotopic (exact) mass is 403 g/mol. The molecule has 1 unspecified atom stereocenters. The van der Waals surface area contributed by atoms with E-state index in [0.29, 0.717) is 10.6 Å². The molecule has 0 heterocycles. The fraction of sp³-hybridized carbons (Fsp3) is 0.250. The lowest BCUT2D eigenvalue weighted by molar-refractivity contribution is 0.606. The maximum absolute atomic E-state index is 13.6. The van der Waals surface area contributed by atoms with Crippen molar-refractivity contribution in [3.63, 3.8) is 0 Å². The molecule has 0 radical (unpaired) electrons. The lowest BCUT2D eigenvalue weighted by Crippen LogP contribution is -2.22. The first-order valence-electron chi connectivity index (χ1n) is 6.47. The smallest absolute Gasteiger partial charge is 0.127 e. The van der Waals surface area contributed by atoms with Gasteiger partial charge >= 0.3 is 0 Å². The van der Waals surface area contributed by atoms with Crippen molar-refractivity contribution in [3.8, 4) is 0 Å². The lowest BCUT2D eigenvalue weighted by atomic mass is 9.97. The van der Waals surface area contributed by atoms with E-state index in [4.69, 9.17) is 11.6 Å². The summed E-state index contributed by atoms with van der Waals surface area (Å²) in [7, 11) is 0. The van der Waals surface area contributed by atoms with Crippen LogP contribution in [0.15, 0.2) is 36.4 Å². The number of rotatable bonds is 4. The average molecular weight is 404 g/mol. The van der Waals surface area contributed by atoms with Crippen molar-refractivity contribution in [1.82, 2.24) is 5.32 Å². The van der Waals surface area contributed by atoms with Crippen LogP contribution in [0.2, 0.25) is 5.02 Å². The number of aryl methyl sites for hydroxylation is 1. The molecule has 2 aromatic carbocycles. The van der Waals surface area contributed by atoms with E-state index in [-0.39, 0.29) is 11.9 Å². The summed E-state index contributed by atoms with van der Waals surface area (Å²) in [5.41, 5.74) is 2.65. The third-order valence-corrected chi connectivity index (χ3v) is 4.18. The summed E-state index contributed by atoms with van der Waals surface area (Å²) in [6.45, 7) is 4.61. The molecule has 0 spiro atoms.